The van der Waals surface area contributed by atoms with Crippen LogP contribution in [-0.4, -0.2) is 60.5 Å². The van der Waals surface area contributed by atoms with Crippen molar-refractivity contribution in [2.24, 2.45) is 0 Å². The largest absolute Gasteiger partial charge is 0.355 e. The third kappa shape index (κ3) is 4.94. The summed E-state index contributed by atoms with van der Waals surface area (Å²) in [5.74, 6) is -4.71. The van der Waals surface area contributed by atoms with E-state index < -0.39 is 58.2 Å². The highest BCUT2D eigenvalue weighted by Gasteiger charge is 2.38. The van der Waals surface area contributed by atoms with Crippen molar-refractivity contribution >= 4 is 22.8 Å². The molecule has 0 unspecified atom stereocenters. The van der Waals surface area contributed by atoms with Gasteiger partial charge in [0.05, 0.1) is 28.0 Å². The van der Waals surface area contributed by atoms with Crippen LogP contribution in [0, 0.1) is 17.5 Å². The first-order valence-corrected chi connectivity index (χ1v) is 14.9. The number of carbonyl (C=O) groups excluding carboxylic acids is 1. The van der Waals surface area contributed by atoms with Gasteiger partial charge in [-0.15, -0.1) is 0 Å². The molecule has 4 aromatic rings. The van der Waals surface area contributed by atoms with Gasteiger partial charge in [-0.3, -0.25) is 4.79 Å². The van der Waals surface area contributed by atoms with Crippen LogP contribution in [0.1, 0.15) is 62.8 Å². The quantitative estimate of drug-likeness (QED) is 0.213. The lowest BCUT2D eigenvalue weighted by Gasteiger charge is -2.44. The summed E-state index contributed by atoms with van der Waals surface area (Å²) < 4.78 is 60.9. The van der Waals surface area contributed by atoms with Crippen LogP contribution in [0.5, 0.6) is 0 Å². The Kier molecular flexibility index (Phi) is 6.93. The molecule has 2 saturated carbocycles. The molecule has 3 aliphatic rings. The van der Waals surface area contributed by atoms with E-state index >= 15 is 4.39 Å². The number of pyridine rings is 1. The molecule has 2 atom stereocenters. The Morgan fingerprint density at radius 3 is 2.11 bits per heavy atom. The molecule has 1 aliphatic heterocycles. The Bertz CT molecular complexity index is 1910. The minimum atomic E-state index is -1.09. The van der Waals surface area contributed by atoms with Crippen LogP contribution in [0.4, 0.5) is 23.4 Å². The van der Waals surface area contributed by atoms with E-state index in [9.17, 15) is 22.8 Å². The van der Waals surface area contributed by atoms with Gasteiger partial charge >= 0.3 is 5.69 Å². The number of fused-ring (bicyclic) bond motifs is 1. The van der Waals surface area contributed by atoms with Crippen molar-refractivity contribution in [2.45, 2.75) is 63.5 Å². The second kappa shape index (κ2) is 10.7. The number of hydrogen-bond donors (Lipinski definition) is 0. The monoisotopic (exact) mass is 619 g/mol. The topological polar surface area (TPSA) is 97.1 Å². The van der Waals surface area contributed by atoms with Crippen molar-refractivity contribution in [1.29, 1.82) is 0 Å². The van der Waals surface area contributed by atoms with Gasteiger partial charge in [-0.25, -0.2) is 41.9 Å². The number of amides is 1. The number of piperazine rings is 1. The number of rotatable bonds is 6. The van der Waals surface area contributed by atoms with Crippen LogP contribution in [0.2, 0.25) is 0 Å². The fourth-order valence-corrected chi connectivity index (χ4v) is 6.23. The maximum atomic E-state index is 16.0. The molecule has 7 rings (SSSR count). The van der Waals surface area contributed by atoms with Crippen molar-refractivity contribution in [3.63, 3.8) is 0 Å². The van der Waals surface area contributed by atoms with Gasteiger partial charge in [0, 0.05) is 37.0 Å². The molecule has 9 nitrogen and oxygen atoms in total. The van der Waals surface area contributed by atoms with E-state index in [1.807, 2.05) is 0 Å². The zero-order chi connectivity index (χ0) is 31.7. The zero-order valence-corrected chi connectivity index (χ0v) is 24.6. The molecule has 0 N–H and O–H groups in total. The average Bonchev–Trinajstić information content (AvgIpc) is 3.92. The SMILES string of the molecule is C=C(F)C(=O)N1C[C@H](C)N(c2nc(=O)n(-c3c(C4CC4)ncnc3C3CC3)c3nc(-c4c(F)cccc4F)c(F)cc23)C[C@H]1C. The minimum absolute atomic E-state index is 0.0573. The third-order valence-electron chi connectivity index (χ3n) is 8.78. The highest BCUT2D eigenvalue weighted by molar-refractivity contribution is 5.92. The molecule has 0 bridgehead atoms. The number of aromatic nitrogens is 5. The number of benzene rings is 1. The van der Waals surface area contributed by atoms with E-state index in [0.29, 0.717) is 17.1 Å². The summed E-state index contributed by atoms with van der Waals surface area (Å²) in [5, 5.41) is 0.119. The van der Waals surface area contributed by atoms with Gasteiger partial charge in [-0.05, 0) is 57.7 Å². The highest BCUT2D eigenvalue weighted by Crippen LogP contribution is 2.47. The smallest absolute Gasteiger partial charge is 0.349 e. The normalized spacial score (nSPS) is 20.1. The molecule has 1 saturated heterocycles. The van der Waals surface area contributed by atoms with Crippen molar-refractivity contribution in [3.05, 3.63) is 82.3 Å². The maximum absolute atomic E-state index is 16.0. The molecule has 0 radical (unpaired) electrons. The summed E-state index contributed by atoms with van der Waals surface area (Å²) in [4.78, 5) is 47.7. The Labute approximate surface area is 255 Å². The number of anilines is 1. The van der Waals surface area contributed by atoms with E-state index in [4.69, 9.17) is 0 Å². The van der Waals surface area contributed by atoms with Gasteiger partial charge in [0.2, 0.25) is 0 Å². The minimum Gasteiger partial charge on any atom is -0.349 e. The number of nitrogens with zero attached hydrogens (tertiary/aromatic N) is 7. The first-order valence-electron chi connectivity index (χ1n) is 14.9. The fraction of sp³-hybridized carbons (Fsp3) is 0.375. The lowest BCUT2D eigenvalue weighted by atomic mass is 10.1. The van der Waals surface area contributed by atoms with E-state index in [0.717, 1.165) is 43.9 Å². The van der Waals surface area contributed by atoms with Crippen LogP contribution in [0.25, 0.3) is 28.0 Å². The molecule has 3 aromatic heterocycles. The van der Waals surface area contributed by atoms with Crippen LogP contribution in [0.15, 0.2) is 47.8 Å². The second-order valence-electron chi connectivity index (χ2n) is 12.1. The molecule has 45 heavy (non-hydrogen) atoms. The number of hydrogen-bond acceptors (Lipinski definition) is 7. The summed E-state index contributed by atoms with van der Waals surface area (Å²) in [6.45, 7) is 6.81. The summed E-state index contributed by atoms with van der Waals surface area (Å²) in [5.41, 5.74) is -0.341. The zero-order valence-electron chi connectivity index (χ0n) is 24.6. The number of carbonyl (C=O) groups is 1. The van der Waals surface area contributed by atoms with Gasteiger partial charge in [0.15, 0.2) is 17.3 Å². The predicted octanol–water partition coefficient (Wildman–Crippen LogP) is 5.32. The van der Waals surface area contributed by atoms with E-state index in [1.54, 1.807) is 18.7 Å². The fourth-order valence-electron chi connectivity index (χ4n) is 6.23. The highest BCUT2D eigenvalue weighted by atomic mass is 19.1. The van der Waals surface area contributed by atoms with Gasteiger partial charge in [-0.1, -0.05) is 12.6 Å². The Hall–Kier alpha value is -4.68. The lowest BCUT2D eigenvalue weighted by molar-refractivity contribution is -0.131. The molecular weight excluding hydrogens is 590 g/mol. The van der Waals surface area contributed by atoms with Crippen LogP contribution < -0.4 is 10.6 Å². The first-order chi connectivity index (χ1) is 21.5. The van der Waals surface area contributed by atoms with Crippen molar-refractivity contribution in [1.82, 2.24) is 29.4 Å². The van der Waals surface area contributed by atoms with Crippen molar-refractivity contribution in [2.75, 3.05) is 18.0 Å². The Morgan fingerprint density at radius 1 is 0.911 bits per heavy atom. The van der Waals surface area contributed by atoms with Gasteiger partial charge in [0.1, 0.15) is 29.5 Å². The van der Waals surface area contributed by atoms with E-state index in [-0.39, 0.29) is 41.8 Å². The Balaban J connectivity index is 1.49. The molecule has 3 fully saturated rings. The predicted molar refractivity (Wildman–Crippen MR) is 158 cm³/mol. The van der Waals surface area contributed by atoms with Crippen molar-refractivity contribution < 1.29 is 22.4 Å². The molecule has 1 aromatic carbocycles. The van der Waals surface area contributed by atoms with Gasteiger partial charge < -0.3 is 9.80 Å². The Morgan fingerprint density at radius 2 is 1.53 bits per heavy atom. The van der Waals surface area contributed by atoms with Crippen molar-refractivity contribution in [3.8, 4) is 16.9 Å². The molecule has 4 heterocycles. The molecule has 0 spiro atoms. The summed E-state index contributed by atoms with van der Waals surface area (Å²) in [7, 11) is 0. The van der Waals surface area contributed by atoms with Gasteiger partial charge in [-0.2, -0.15) is 4.98 Å². The standard InChI is InChI=1S/C32H29F4N7O2/c1-15-13-42(31(44)17(3)33)16(2)12-41(15)29-20-11-23(36)27(24-21(34)5-4-6-22(24)35)39-30(20)43(32(45)40-29)28-25(18-7-8-18)37-14-38-26(28)19-9-10-19/h4-6,11,14-16,18-19H,3,7-10,12-13H2,1-2H3/t15-,16+/m0/s1. The first kappa shape index (κ1) is 29.1. The van der Waals surface area contributed by atoms with Gasteiger partial charge in [0.25, 0.3) is 5.91 Å². The maximum Gasteiger partial charge on any atom is 0.355 e. The molecule has 232 valence electrons. The average molecular weight is 620 g/mol. The van der Waals surface area contributed by atoms with Crippen LogP contribution in [-0.2, 0) is 4.79 Å². The third-order valence-corrected chi connectivity index (χ3v) is 8.78. The summed E-state index contributed by atoms with van der Waals surface area (Å²) in [6, 6.07) is 3.26. The van der Waals surface area contributed by atoms with Crippen LogP contribution in [0.3, 0.4) is 0 Å². The van der Waals surface area contributed by atoms with E-state index in [1.165, 1.54) is 21.9 Å². The van der Waals surface area contributed by atoms with E-state index in [2.05, 4.69) is 26.5 Å². The second-order valence-corrected chi connectivity index (χ2v) is 12.1. The number of halogens is 4. The summed E-state index contributed by atoms with van der Waals surface area (Å²) >= 11 is 0. The molecule has 2 aliphatic carbocycles. The molecule has 1 amide bonds. The lowest BCUT2D eigenvalue weighted by Crippen LogP contribution is -2.58. The molecular formula is C32H29F4N7O2. The van der Waals surface area contributed by atoms with Crippen LogP contribution >= 0.6 is 0 Å². The molecule has 13 heteroatoms. The summed E-state index contributed by atoms with van der Waals surface area (Å²) in [6.07, 6.45) is 4.93.